The summed E-state index contributed by atoms with van der Waals surface area (Å²) in [7, 11) is -2.52. The van der Waals surface area contributed by atoms with Crippen LogP contribution in [-0.4, -0.2) is 45.4 Å². The largest absolute Gasteiger partial charge is 0.368 e. The summed E-state index contributed by atoms with van der Waals surface area (Å²) in [6.07, 6.45) is 0.882. The number of anilines is 1. The third-order valence-electron chi connectivity index (χ3n) is 3.24. The molecule has 0 bridgehead atoms. The molecule has 1 unspecified atom stereocenters. The number of piperazine rings is 1. The first-order valence-electron chi connectivity index (χ1n) is 5.82. The number of benzene rings is 1. The summed E-state index contributed by atoms with van der Waals surface area (Å²) in [5.41, 5.74) is 0.994. The van der Waals surface area contributed by atoms with Crippen LogP contribution in [0.4, 0.5) is 5.69 Å². The SMILES string of the molecule is CC1CN(c2ccc([SH](=O)=O)cc2)CCN1C=O. The van der Waals surface area contributed by atoms with Gasteiger partial charge in [-0.3, -0.25) is 4.79 Å². The molecule has 0 saturated carbocycles. The van der Waals surface area contributed by atoms with Crippen molar-refractivity contribution in [1.29, 1.82) is 0 Å². The quantitative estimate of drug-likeness (QED) is 0.634. The Hall–Kier alpha value is -1.56. The van der Waals surface area contributed by atoms with E-state index in [2.05, 4.69) is 4.90 Å². The molecule has 2 rings (SSSR count). The first kappa shape index (κ1) is 12.9. The fourth-order valence-corrected chi connectivity index (χ4v) is 2.54. The van der Waals surface area contributed by atoms with Crippen LogP contribution in [0.25, 0.3) is 0 Å². The molecule has 0 N–H and O–H groups in total. The maximum atomic E-state index is 10.8. The lowest BCUT2D eigenvalue weighted by molar-refractivity contribution is -0.120. The van der Waals surface area contributed by atoms with Gasteiger partial charge in [-0.25, -0.2) is 8.42 Å². The number of thiol groups is 1. The molecule has 1 amide bonds. The van der Waals surface area contributed by atoms with Crippen LogP contribution in [0, 0.1) is 0 Å². The normalized spacial score (nSPS) is 20.2. The van der Waals surface area contributed by atoms with Gasteiger partial charge in [0.05, 0.1) is 4.90 Å². The van der Waals surface area contributed by atoms with Gasteiger partial charge < -0.3 is 9.80 Å². The second-order valence-corrected chi connectivity index (χ2v) is 5.44. The predicted octanol–water partition coefficient (Wildman–Crippen LogP) is 0.324. The highest BCUT2D eigenvalue weighted by Gasteiger charge is 2.22. The molecule has 1 fully saturated rings. The summed E-state index contributed by atoms with van der Waals surface area (Å²) >= 11 is 0. The van der Waals surface area contributed by atoms with Gasteiger partial charge in [-0.1, -0.05) is 0 Å². The van der Waals surface area contributed by atoms with Gasteiger partial charge in [0.25, 0.3) is 0 Å². The average molecular weight is 268 g/mol. The molecule has 0 aliphatic carbocycles. The minimum atomic E-state index is -2.52. The highest BCUT2D eigenvalue weighted by atomic mass is 32.2. The predicted molar refractivity (Wildman–Crippen MR) is 69.5 cm³/mol. The van der Waals surface area contributed by atoms with Crippen molar-refractivity contribution in [2.24, 2.45) is 0 Å². The van der Waals surface area contributed by atoms with Crippen molar-refractivity contribution in [1.82, 2.24) is 4.90 Å². The summed E-state index contributed by atoms with van der Waals surface area (Å²) < 4.78 is 21.6. The molecule has 18 heavy (non-hydrogen) atoms. The number of amides is 1. The van der Waals surface area contributed by atoms with Crippen molar-refractivity contribution in [3.05, 3.63) is 24.3 Å². The summed E-state index contributed by atoms with van der Waals surface area (Å²) in [5.74, 6) is 0. The molecular formula is C12H16N2O3S. The minimum Gasteiger partial charge on any atom is -0.368 e. The molecule has 0 radical (unpaired) electrons. The van der Waals surface area contributed by atoms with Gasteiger partial charge in [-0.2, -0.15) is 0 Å². The molecule has 6 heteroatoms. The number of carbonyl (C=O) groups excluding carboxylic acids is 1. The Kier molecular flexibility index (Phi) is 3.86. The summed E-state index contributed by atoms with van der Waals surface area (Å²) in [6, 6.07) is 7.01. The van der Waals surface area contributed by atoms with Gasteiger partial charge >= 0.3 is 0 Å². The maximum absolute atomic E-state index is 10.8. The van der Waals surface area contributed by atoms with Gasteiger partial charge in [0.1, 0.15) is 0 Å². The van der Waals surface area contributed by atoms with E-state index in [0.29, 0.717) is 11.4 Å². The fourth-order valence-electron chi connectivity index (χ4n) is 2.15. The Bertz CT molecular complexity index is 491. The maximum Gasteiger partial charge on any atom is 0.210 e. The van der Waals surface area contributed by atoms with Gasteiger partial charge in [0, 0.05) is 31.4 Å². The van der Waals surface area contributed by atoms with Crippen molar-refractivity contribution >= 4 is 22.8 Å². The second kappa shape index (κ2) is 5.39. The topological polar surface area (TPSA) is 57.7 Å². The van der Waals surface area contributed by atoms with Gasteiger partial charge in [-0.15, -0.1) is 0 Å². The second-order valence-electron chi connectivity index (χ2n) is 4.41. The molecule has 0 aromatic heterocycles. The third-order valence-corrected chi connectivity index (χ3v) is 3.96. The lowest BCUT2D eigenvalue weighted by Gasteiger charge is -2.39. The number of nitrogens with zero attached hydrogens (tertiary/aromatic N) is 2. The van der Waals surface area contributed by atoms with Crippen molar-refractivity contribution in [2.45, 2.75) is 17.9 Å². The molecule has 1 aromatic rings. The third kappa shape index (κ3) is 2.64. The standard InChI is InChI=1S/C12H16N2O3S/c1-10-8-13(6-7-14(10)9-15)11-2-4-12(5-3-11)18(16)17/h2-5,9-10,18H,6-8H2,1H3. The monoisotopic (exact) mass is 268 g/mol. The lowest BCUT2D eigenvalue weighted by Crippen LogP contribution is -2.51. The summed E-state index contributed by atoms with van der Waals surface area (Å²) in [5, 5.41) is 0. The van der Waals surface area contributed by atoms with Crippen LogP contribution >= 0.6 is 0 Å². The van der Waals surface area contributed by atoms with Crippen LogP contribution in [0.1, 0.15) is 6.92 Å². The van der Waals surface area contributed by atoms with E-state index in [9.17, 15) is 13.2 Å². The number of carbonyl (C=O) groups is 1. The van der Waals surface area contributed by atoms with Crippen LogP contribution in [0.5, 0.6) is 0 Å². The Labute approximate surface area is 108 Å². The van der Waals surface area contributed by atoms with E-state index in [1.54, 1.807) is 17.0 Å². The Morgan fingerprint density at radius 3 is 2.39 bits per heavy atom. The van der Waals surface area contributed by atoms with Crippen molar-refractivity contribution < 1.29 is 13.2 Å². The molecular weight excluding hydrogens is 252 g/mol. The lowest BCUT2D eigenvalue weighted by atomic mass is 10.2. The van der Waals surface area contributed by atoms with Gasteiger partial charge in [0.15, 0.2) is 10.7 Å². The molecule has 1 aliphatic rings. The van der Waals surface area contributed by atoms with Gasteiger partial charge in [-0.05, 0) is 31.2 Å². The molecule has 0 spiro atoms. The van der Waals surface area contributed by atoms with Crippen LogP contribution in [0.15, 0.2) is 29.2 Å². The number of rotatable bonds is 3. The fraction of sp³-hybridized carbons (Fsp3) is 0.417. The molecule has 98 valence electrons. The van der Waals surface area contributed by atoms with E-state index < -0.39 is 10.7 Å². The van der Waals surface area contributed by atoms with E-state index in [4.69, 9.17) is 0 Å². The number of hydrogen-bond acceptors (Lipinski definition) is 4. The Morgan fingerprint density at radius 2 is 1.89 bits per heavy atom. The van der Waals surface area contributed by atoms with E-state index >= 15 is 0 Å². The van der Waals surface area contributed by atoms with E-state index in [0.717, 1.165) is 25.2 Å². The average Bonchev–Trinajstić information content (AvgIpc) is 2.38. The van der Waals surface area contributed by atoms with Crippen molar-refractivity contribution in [3.8, 4) is 0 Å². The van der Waals surface area contributed by atoms with Crippen LogP contribution in [0.2, 0.25) is 0 Å². The zero-order valence-corrected chi connectivity index (χ0v) is 11.0. The van der Waals surface area contributed by atoms with Gasteiger partial charge in [0.2, 0.25) is 6.41 Å². The first-order valence-corrected chi connectivity index (χ1v) is 7.00. The Morgan fingerprint density at radius 1 is 1.22 bits per heavy atom. The molecule has 1 atom stereocenters. The summed E-state index contributed by atoms with van der Waals surface area (Å²) in [6.45, 7) is 4.24. The van der Waals surface area contributed by atoms with Crippen LogP contribution < -0.4 is 4.90 Å². The molecule has 1 saturated heterocycles. The Balaban J connectivity index is 2.11. The van der Waals surface area contributed by atoms with Crippen molar-refractivity contribution in [3.63, 3.8) is 0 Å². The van der Waals surface area contributed by atoms with E-state index in [-0.39, 0.29) is 6.04 Å². The number of hydrogen-bond donors (Lipinski definition) is 1. The van der Waals surface area contributed by atoms with Crippen LogP contribution in [-0.2, 0) is 15.5 Å². The van der Waals surface area contributed by atoms with E-state index in [1.165, 1.54) is 0 Å². The van der Waals surface area contributed by atoms with Crippen molar-refractivity contribution in [2.75, 3.05) is 24.5 Å². The molecule has 1 aliphatic heterocycles. The highest BCUT2D eigenvalue weighted by Crippen LogP contribution is 2.19. The smallest absolute Gasteiger partial charge is 0.210 e. The molecule has 1 aromatic carbocycles. The molecule has 1 heterocycles. The first-order chi connectivity index (χ1) is 8.61. The minimum absolute atomic E-state index is 0.173. The highest BCUT2D eigenvalue weighted by molar-refractivity contribution is 7.72. The summed E-state index contributed by atoms with van der Waals surface area (Å²) in [4.78, 5) is 15.0. The van der Waals surface area contributed by atoms with E-state index in [1.807, 2.05) is 19.1 Å². The zero-order chi connectivity index (χ0) is 13.1. The molecule has 5 nitrogen and oxygen atoms in total. The van der Waals surface area contributed by atoms with Crippen LogP contribution in [0.3, 0.4) is 0 Å². The zero-order valence-electron chi connectivity index (χ0n) is 10.2.